The Labute approximate surface area is 124 Å². The van der Waals surface area contributed by atoms with E-state index in [1.54, 1.807) is 13.0 Å². The maximum atomic E-state index is 13.9. The van der Waals surface area contributed by atoms with Crippen molar-refractivity contribution in [3.05, 3.63) is 64.2 Å². The molecule has 1 unspecified atom stereocenters. The summed E-state index contributed by atoms with van der Waals surface area (Å²) < 4.78 is 32.7. The van der Waals surface area contributed by atoms with Crippen LogP contribution in [0.2, 0.25) is 0 Å². The fourth-order valence-electron chi connectivity index (χ4n) is 2.42. The molecule has 1 nitrogen and oxygen atoms in total. The van der Waals surface area contributed by atoms with Crippen molar-refractivity contribution in [2.45, 2.75) is 18.2 Å². The van der Waals surface area contributed by atoms with Crippen LogP contribution in [0.4, 0.5) is 8.78 Å². The lowest BCUT2D eigenvalue weighted by atomic mass is 10.00. The maximum absolute atomic E-state index is 13.9. The molecule has 2 aromatic carbocycles. The summed E-state index contributed by atoms with van der Waals surface area (Å²) in [6.45, 7) is 2.32. The van der Waals surface area contributed by atoms with E-state index in [-0.39, 0.29) is 4.83 Å². The van der Waals surface area contributed by atoms with Crippen LogP contribution in [0.15, 0.2) is 30.3 Å². The Kier molecular flexibility index (Phi) is 3.50. The number of hydrogen-bond acceptors (Lipinski definition) is 1. The van der Waals surface area contributed by atoms with Crippen LogP contribution in [0.25, 0.3) is 0 Å². The average molecular weight is 339 g/mol. The van der Waals surface area contributed by atoms with E-state index in [1.807, 2.05) is 18.2 Å². The first-order valence-corrected chi connectivity index (χ1v) is 7.33. The third-order valence-electron chi connectivity index (χ3n) is 3.56. The van der Waals surface area contributed by atoms with Crippen LogP contribution >= 0.6 is 15.9 Å². The Morgan fingerprint density at radius 3 is 2.75 bits per heavy atom. The molecule has 0 spiro atoms. The smallest absolute Gasteiger partial charge is 0.130 e. The molecule has 0 fully saturated rings. The number of halogens is 3. The summed E-state index contributed by atoms with van der Waals surface area (Å²) in [4.78, 5) is -0.298. The Morgan fingerprint density at radius 2 is 1.95 bits per heavy atom. The Balaban J connectivity index is 2.00. The average Bonchev–Trinajstić information content (AvgIpc) is 2.89. The fraction of sp³-hybridized carbons (Fsp3) is 0.250. The van der Waals surface area contributed by atoms with Crippen molar-refractivity contribution in [1.29, 1.82) is 0 Å². The summed E-state index contributed by atoms with van der Waals surface area (Å²) in [5.74, 6) is -0.163. The first-order chi connectivity index (χ1) is 9.56. The predicted molar refractivity (Wildman–Crippen MR) is 77.5 cm³/mol. The molecule has 0 aromatic heterocycles. The van der Waals surface area contributed by atoms with Crippen molar-refractivity contribution < 1.29 is 13.5 Å². The molecule has 0 aliphatic carbocycles. The maximum Gasteiger partial charge on any atom is 0.130 e. The molecule has 1 heterocycles. The summed E-state index contributed by atoms with van der Waals surface area (Å²) in [7, 11) is 0. The zero-order valence-electron chi connectivity index (χ0n) is 10.9. The minimum atomic E-state index is -0.535. The topological polar surface area (TPSA) is 9.23 Å². The summed E-state index contributed by atoms with van der Waals surface area (Å²) in [5, 5.41) is 0. The summed E-state index contributed by atoms with van der Waals surface area (Å²) in [6.07, 6.45) is 0.869. The van der Waals surface area contributed by atoms with Crippen LogP contribution in [0, 0.1) is 18.6 Å². The third kappa shape index (κ3) is 2.33. The van der Waals surface area contributed by atoms with Crippen molar-refractivity contribution in [3.8, 4) is 5.75 Å². The van der Waals surface area contributed by atoms with Gasteiger partial charge >= 0.3 is 0 Å². The molecule has 20 heavy (non-hydrogen) atoms. The zero-order valence-corrected chi connectivity index (χ0v) is 12.5. The van der Waals surface area contributed by atoms with E-state index in [1.165, 1.54) is 0 Å². The van der Waals surface area contributed by atoms with Crippen molar-refractivity contribution >= 4 is 15.9 Å². The first kappa shape index (κ1) is 13.6. The number of aryl methyl sites for hydroxylation is 1. The monoisotopic (exact) mass is 338 g/mol. The van der Waals surface area contributed by atoms with E-state index in [0.29, 0.717) is 17.7 Å². The van der Waals surface area contributed by atoms with E-state index in [4.69, 9.17) is 4.74 Å². The zero-order chi connectivity index (χ0) is 14.3. The largest absolute Gasteiger partial charge is 0.493 e. The van der Waals surface area contributed by atoms with Gasteiger partial charge in [0.15, 0.2) is 0 Å². The molecule has 0 N–H and O–H groups in total. The molecular weight excluding hydrogens is 326 g/mol. The summed E-state index contributed by atoms with van der Waals surface area (Å²) >= 11 is 3.51. The minimum Gasteiger partial charge on any atom is -0.493 e. The van der Waals surface area contributed by atoms with Gasteiger partial charge in [0.25, 0.3) is 0 Å². The van der Waals surface area contributed by atoms with Gasteiger partial charge in [-0.05, 0) is 35.7 Å². The van der Waals surface area contributed by atoms with Crippen molar-refractivity contribution in [2.75, 3.05) is 6.61 Å². The highest BCUT2D eigenvalue weighted by Crippen LogP contribution is 2.36. The molecule has 0 radical (unpaired) electrons. The van der Waals surface area contributed by atoms with Crippen LogP contribution in [0.5, 0.6) is 5.75 Å². The minimum absolute atomic E-state index is 0.298. The summed E-state index contributed by atoms with van der Waals surface area (Å²) in [5.41, 5.74) is 2.96. The highest BCUT2D eigenvalue weighted by molar-refractivity contribution is 9.09. The van der Waals surface area contributed by atoms with Crippen LogP contribution < -0.4 is 4.74 Å². The van der Waals surface area contributed by atoms with Gasteiger partial charge < -0.3 is 4.74 Å². The molecule has 2 aromatic rings. The second-order valence-electron chi connectivity index (χ2n) is 4.95. The number of hydrogen-bond donors (Lipinski definition) is 0. The van der Waals surface area contributed by atoms with E-state index in [9.17, 15) is 8.78 Å². The Morgan fingerprint density at radius 1 is 1.15 bits per heavy atom. The van der Waals surface area contributed by atoms with Crippen LogP contribution in [-0.4, -0.2) is 6.61 Å². The lowest BCUT2D eigenvalue weighted by Gasteiger charge is -2.14. The molecule has 0 saturated heterocycles. The Bertz CT molecular complexity index is 670. The van der Waals surface area contributed by atoms with Gasteiger partial charge in [0.2, 0.25) is 0 Å². The number of benzene rings is 2. The van der Waals surface area contributed by atoms with Crippen molar-refractivity contribution in [1.82, 2.24) is 0 Å². The van der Waals surface area contributed by atoms with Gasteiger partial charge in [-0.2, -0.15) is 0 Å². The van der Waals surface area contributed by atoms with E-state index in [2.05, 4.69) is 15.9 Å². The predicted octanol–water partition coefficient (Wildman–Crippen LogP) is 4.69. The fourth-order valence-corrected chi connectivity index (χ4v) is 3.05. The molecular formula is C16H13BrF2O. The normalized spacial score (nSPS) is 14.8. The molecule has 3 rings (SSSR count). The van der Waals surface area contributed by atoms with Gasteiger partial charge in [0.1, 0.15) is 17.4 Å². The van der Waals surface area contributed by atoms with Gasteiger partial charge in [-0.1, -0.05) is 28.1 Å². The highest BCUT2D eigenvalue weighted by atomic mass is 79.9. The van der Waals surface area contributed by atoms with E-state index >= 15 is 0 Å². The third-order valence-corrected chi connectivity index (χ3v) is 4.58. The van der Waals surface area contributed by atoms with Gasteiger partial charge in [-0.3, -0.25) is 0 Å². The molecule has 1 atom stereocenters. The molecule has 1 aliphatic heterocycles. The molecule has 0 amide bonds. The number of alkyl halides is 1. The van der Waals surface area contributed by atoms with Gasteiger partial charge in [0.05, 0.1) is 11.4 Å². The standard InChI is InChI=1S/C16H13BrF2O/c1-9-6-12(14(19)8-13(9)18)16(17)11-2-3-15-10(7-11)4-5-20-15/h2-3,6-8,16H,4-5H2,1H3. The van der Waals surface area contributed by atoms with Crippen LogP contribution in [0.1, 0.15) is 27.1 Å². The van der Waals surface area contributed by atoms with Crippen molar-refractivity contribution in [2.24, 2.45) is 0 Å². The number of ether oxygens (including phenoxy) is 1. The van der Waals surface area contributed by atoms with Crippen LogP contribution in [0.3, 0.4) is 0 Å². The lowest BCUT2D eigenvalue weighted by Crippen LogP contribution is -2.00. The van der Waals surface area contributed by atoms with Gasteiger partial charge in [-0.15, -0.1) is 0 Å². The molecule has 104 valence electrons. The van der Waals surface area contributed by atoms with Crippen LogP contribution in [-0.2, 0) is 6.42 Å². The van der Waals surface area contributed by atoms with Crippen molar-refractivity contribution in [3.63, 3.8) is 0 Å². The highest BCUT2D eigenvalue weighted by Gasteiger charge is 2.20. The molecule has 0 bridgehead atoms. The van der Waals surface area contributed by atoms with E-state index in [0.717, 1.165) is 29.4 Å². The Hall–Kier alpha value is -1.42. The lowest BCUT2D eigenvalue weighted by molar-refractivity contribution is 0.357. The summed E-state index contributed by atoms with van der Waals surface area (Å²) in [6, 6.07) is 8.31. The number of rotatable bonds is 2. The second-order valence-corrected chi connectivity index (χ2v) is 5.87. The molecule has 4 heteroatoms. The molecule has 0 saturated carbocycles. The van der Waals surface area contributed by atoms with E-state index < -0.39 is 11.6 Å². The second kappa shape index (κ2) is 5.17. The quantitative estimate of drug-likeness (QED) is 0.721. The number of fused-ring (bicyclic) bond motifs is 1. The molecule has 1 aliphatic rings. The first-order valence-electron chi connectivity index (χ1n) is 6.41. The SMILES string of the molecule is Cc1cc(C(Br)c2ccc3c(c2)CCO3)c(F)cc1F. The van der Waals surface area contributed by atoms with Gasteiger partial charge in [-0.25, -0.2) is 8.78 Å². The van der Waals surface area contributed by atoms with Gasteiger partial charge in [0, 0.05) is 18.1 Å².